The Hall–Kier alpha value is -1.06. The van der Waals surface area contributed by atoms with E-state index in [1.807, 2.05) is 7.05 Å². The number of likely N-dealkylation sites (N-methyl/N-ethyl adjacent to an activating group) is 1. The largest absolute Gasteiger partial charge is 0.496 e. The molecule has 3 nitrogen and oxygen atoms in total. The Morgan fingerprint density at radius 3 is 2.42 bits per heavy atom. The van der Waals surface area contributed by atoms with Crippen LogP contribution in [0.3, 0.4) is 0 Å². The second kappa shape index (κ2) is 6.92. The maximum atomic E-state index is 5.58. The Kier molecular flexibility index (Phi) is 5.83. The maximum Gasteiger partial charge on any atom is 0.123 e. The van der Waals surface area contributed by atoms with Gasteiger partial charge >= 0.3 is 0 Å². The van der Waals surface area contributed by atoms with Crippen LogP contribution in [0.1, 0.15) is 30.5 Å². The summed E-state index contributed by atoms with van der Waals surface area (Å²) in [6.45, 7) is 11.7. The fraction of sp³-hybridized carbons (Fsp3) is 0.625. The van der Waals surface area contributed by atoms with Crippen LogP contribution in [0.2, 0.25) is 0 Å². The summed E-state index contributed by atoms with van der Waals surface area (Å²) in [4.78, 5) is 0. The van der Waals surface area contributed by atoms with Crippen LogP contribution in [0.25, 0.3) is 0 Å². The Morgan fingerprint density at radius 1 is 1.16 bits per heavy atom. The van der Waals surface area contributed by atoms with Crippen molar-refractivity contribution < 1.29 is 4.74 Å². The smallest absolute Gasteiger partial charge is 0.123 e. The van der Waals surface area contributed by atoms with Crippen LogP contribution in [-0.4, -0.2) is 33.8 Å². The highest BCUT2D eigenvalue weighted by molar-refractivity contribution is 5.47. The molecule has 3 heteroatoms. The van der Waals surface area contributed by atoms with Crippen LogP contribution < -0.4 is 15.4 Å². The number of aryl methyl sites for hydroxylation is 2. The van der Waals surface area contributed by atoms with Crippen molar-refractivity contribution in [1.82, 2.24) is 10.6 Å². The topological polar surface area (TPSA) is 33.3 Å². The minimum absolute atomic E-state index is 0.0524. The lowest BCUT2D eigenvalue weighted by Gasteiger charge is -2.29. The molecule has 0 aliphatic heterocycles. The highest BCUT2D eigenvalue weighted by atomic mass is 16.5. The third-order valence-electron chi connectivity index (χ3n) is 3.46. The van der Waals surface area contributed by atoms with Crippen LogP contribution in [-0.2, 0) is 5.41 Å². The Labute approximate surface area is 117 Å². The van der Waals surface area contributed by atoms with E-state index >= 15 is 0 Å². The third kappa shape index (κ3) is 4.22. The summed E-state index contributed by atoms with van der Waals surface area (Å²) in [6, 6.07) is 4.35. The van der Waals surface area contributed by atoms with Gasteiger partial charge in [-0.05, 0) is 38.1 Å². The zero-order valence-corrected chi connectivity index (χ0v) is 13.2. The summed E-state index contributed by atoms with van der Waals surface area (Å²) in [5.74, 6) is 0.998. The molecule has 0 heterocycles. The van der Waals surface area contributed by atoms with Crippen molar-refractivity contribution in [1.29, 1.82) is 0 Å². The number of nitrogens with one attached hydrogen (secondary N) is 2. The molecule has 0 radical (unpaired) electrons. The normalized spacial score (nSPS) is 11.7. The fourth-order valence-electron chi connectivity index (χ4n) is 2.66. The van der Waals surface area contributed by atoms with Crippen LogP contribution in [0.4, 0.5) is 0 Å². The third-order valence-corrected chi connectivity index (χ3v) is 3.46. The van der Waals surface area contributed by atoms with Crippen LogP contribution in [0, 0.1) is 13.8 Å². The Bertz CT molecular complexity index is 413. The van der Waals surface area contributed by atoms with E-state index < -0.39 is 0 Å². The highest BCUT2D eigenvalue weighted by Gasteiger charge is 2.26. The number of ether oxygens (including phenoxy) is 1. The van der Waals surface area contributed by atoms with Crippen molar-refractivity contribution in [2.24, 2.45) is 0 Å². The van der Waals surface area contributed by atoms with Gasteiger partial charge in [0, 0.05) is 30.6 Å². The average Bonchev–Trinajstić information content (AvgIpc) is 2.33. The number of methoxy groups -OCH3 is 1. The zero-order valence-electron chi connectivity index (χ0n) is 13.2. The first kappa shape index (κ1) is 16.0. The molecule has 0 atom stereocenters. The van der Waals surface area contributed by atoms with Gasteiger partial charge in [0.05, 0.1) is 7.11 Å². The lowest BCUT2D eigenvalue weighted by Crippen LogP contribution is -2.36. The van der Waals surface area contributed by atoms with Gasteiger partial charge in [-0.1, -0.05) is 19.9 Å². The fourth-order valence-corrected chi connectivity index (χ4v) is 2.66. The van der Waals surface area contributed by atoms with E-state index in [9.17, 15) is 0 Å². The molecular formula is C16H28N2O. The number of benzene rings is 1. The first-order valence-electron chi connectivity index (χ1n) is 6.93. The Balaban J connectivity index is 2.93. The molecule has 1 aromatic carbocycles. The summed E-state index contributed by atoms with van der Waals surface area (Å²) in [7, 11) is 3.72. The molecular weight excluding hydrogens is 236 g/mol. The molecule has 108 valence electrons. The monoisotopic (exact) mass is 264 g/mol. The molecule has 0 unspecified atom stereocenters. The van der Waals surface area contributed by atoms with E-state index in [-0.39, 0.29) is 5.41 Å². The predicted molar refractivity (Wildman–Crippen MR) is 82.3 cm³/mol. The van der Waals surface area contributed by atoms with Crippen LogP contribution in [0.15, 0.2) is 12.1 Å². The van der Waals surface area contributed by atoms with Gasteiger partial charge in [0.1, 0.15) is 5.75 Å². The molecule has 0 saturated carbocycles. The van der Waals surface area contributed by atoms with E-state index in [0.717, 1.165) is 25.4 Å². The van der Waals surface area contributed by atoms with Gasteiger partial charge in [0.15, 0.2) is 0 Å². The summed E-state index contributed by atoms with van der Waals surface area (Å²) in [5, 5.41) is 6.65. The molecule has 0 bridgehead atoms. The molecule has 0 fully saturated rings. The SMILES string of the molecule is CNCCNCC(C)(C)c1c(C)cc(C)cc1OC. The number of rotatable bonds is 7. The summed E-state index contributed by atoms with van der Waals surface area (Å²) >= 11 is 0. The lowest BCUT2D eigenvalue weighted by molar-refractivity contribution is 0.384. The van der Waals surface area contributed by atoms with E-state index in [1.54, 1.807) is 7.11 Å². The van der Waals surface area contributed by atoms with Crippen LogP contribution >= 0.6 is 0 Å². The van der Waals surface area contributed by atoms with Gasteiger partial charge in [-0.2, -0.15) is 0 Å². The first-order valence-corrected chi connectivity index (χ1v) is 6.93. The van der Waals surface area contributed by atoms with Crippen molar-refractivity contribution in [2.75, 3.05) is 33.8 Å². The predicted octanol–water partition coefficient (Wildman–Crippen LogP) is 2.40. The molecule has 0 amide bonds. The van der Waals surface area contributed by atoms with Crippen molar-refractivity contribution in [2.45, 2.75) is 33.1 Å². The maximum absolute atomic E-state index is 5.58. The molecule has 0 aromatic heterocycles. The molecule has 0 aliphatic rings. The lowest BCUT2D eigenvalue weighted by atomic mass is 9.80. The molecule has 1 rings (SSSR count). The Morgan fingerprint density at radius 2 is 1.84 bits per heavy atom. The van der Waals surface area contributed by atoms with Gasteiger partial charge in [0.25, 0.3) is 0 Å². The quantitative estimate of drug-likeness (QED) is 0.742. The zero-order chi connectivity index (χ0) is 14.5. The molecule has 2 N–H and O–H groups in total. The van der Waals surface area contributed by atoms with Gasteiger partial charge < -0.3 is 15.4 Å². The van der Waals surface area contributed by atoms with Gasteiger partial charge in [0.2, 0.25) is 0 Å². The standard InChI is InChI=1S/C16H28N2O/c1-12-9-13(2)15(14(10-12)19-6)16(3,4)11-18-8-7-17-5/h9-10,17-18H,7-8,11H2,1-6H3. The summed E-state index contributed by atoms with van der Waals surface area (Å²) in [5.41, 5.74) is 3.91. The molecule has 0 spiro atoms. The second-order valence-electron chi connectivity index (χ2n) is 5.82. The number of hydrogen-bond donors (Lipinski definition) is 2. The second-order valence-corrected chi connectivity index (χ2v) is 5.82. The highest BCUT2D eigenvalue weighted by Crippen LogP contribution is 2.35. The average molecular weight is 264 g/mol. The van der Waals surface area contributed by atoms with E-state index in [0.29, 0.717) is 0 Å². The minimum atomic E-state index is 0.0524. The van der Waals surface area contributed by atoms with E-state index in [4.69, 9.17) is 4.74 Å². The first-order chi connectivity index (χ1) is 8.92. The molecule has 1 aromatic rings. The van der Waals surface area contributed by atoms with E-state index in [2.05, 4.69) is 50.5 Å². The van der Waals surface area contributed by atoms with Crippen molar-refractivity contribution in [3.63, 3.8) is 0 Å². The molecule has 0 aliphatic carbocycles. The number of hydrogen-bond acceptors (Lipinski definition) is 3. The van der Waals surface area contributed by atoms with E-state index in [1.165, 1.54) is 16.7 Å². The van der Waals surface area contributed by atoms with Gasteiger partial charge in [-0.3, -0.25) is 0 Å². The van der Waals surface area contributed by atoms with Crippen molar-refractivity contribution in [3.8, 4) is 5.75 Å². The van der Waals surface area contributed by atoms with Gasteiger partial charge in [-0.25, -0.2) is 0 Å². The summed E-state index contributed by atoms with van der Waals surface area (Å²) < 4.78 is 5.58. The molecule has 19 heavy (non-hydrogen) atoms. The van der Waals surface area contributed by atoms with Crippen molar-refractivity contribution in [3.05, 3.63) is 28.8 Å². The summed E-state index contributed by atoms with van der Waals surface area (Å²) in [6.07, 6.45) is 0. The molecule has 0 saturated heterocycles. The minimum Gasteiger partial charge on any atom is -0.496 e. The van der Waals surface area contributed by atoms with Gasteiger partial charge in [-0.15, -0.1) is 0 Å². The van der Waals surface area contributed by atoms with Crippen molar-refractivity contribution >= 4 is 0 Å². The van der Waals surface area contributed by atoms with Crippen LogP contribution in [0.5, 0.6) is 5.75 Å².